The van der Waals surface area contributed by atoms with E-state index in [1.54, 1.807) is 4.68 Å². The normalized spacial score (nSPS) is 10.6. The van der Waals surface area contributed by atoms with Crippen LogP contribution in [-0.4, -0.2) is 26.9 Å². The second kappa shape index (κ2) is 4.33. The van der Waals surface area contributed by atoms with Gasteiger partial charge in [-0.25, -0.2) is 14.6 Å². The maximum absolute atomic E-state index is 5.96. The zero-order chi connectivity index (χ0) is 12.6. The zero-order valence-corrected chi connectivity index (χ0v) is 10.9. The number of hydrogen-bond donors (Lipinski definition) is 0. The van der Waals surface area contributed by atoms with Gasteiger partial charge in [-0.05, 0) is 26.3 Å². The van der Waals surface area contributed by atoms with E-state index in [0.29, 0.717) is 11.6 Å². The third kappa shape index (κ3) is 1.86. The first-order valence-electron chi connectivity index (χ1n) is 5.14. The topological polar surface area (TPSA) is 52.8 Å². The second-order valence-corrected chi connectivity index (χ2v) is 4.09. The van der Waals surface area contributed by atoms with Crippen LogP contribution < -0.4 is 4.74 Å². The summed E-state index contributed by atoms with van der Waals surface area (Å²) in [5, 5.41) is 4.70. The van der Waals surface area contributed by atoms with E-state index in [1.807, 2.05) is 20.8 Å². The lowest BCUT2D eigenvalue weighted by Crippen LogP contribution is -2.06. The number of methoxy groups -OCH3 is 1. The molecule has 0 amide bonds. The molecular weight excluding hydrogens is 240 g/mol. The molecular formula is C11H13ClN4O. The second-order valence-electron chi connectivity index (χ2n) is 3.73. The third-order valence-corrected chi connectivity index (χ3v) is 3.07. The Kier molecular flexibility index (Phi) is 3.02. The number of halogens is 1. The van der Waals surface area contributed by atoms with Crippen molar-refractivity contribution in [1.29, 1.82) is 0 Å². The standard InChI is InChI=1S/C11H13ClN4O/c1-6-7(2)15-16(8(6)3)11-9(17-4)10(12)13-5-14-11/h5H,1-4H3. The fourth-order valence-corrected chi connectivity index (χ4v) is 1.80. The van der Waals surface area contributed by atoms with Crippen LogP contribution in [0.15, 0.2) is 6.33 Å². The summed E-state index contributed by atoms with van der Waals surface area (Å²) in [6.45, 7) is 5.95. The first-order valence-corrected chi connectivity index (χ1v) is 5.51. The van der Waals surface area contributed by atoms with Crippen molar-refractivity contribution in [3.63, 3.8) is 0 Å². The van der Waals surface area contributed by atoms with E-state index in [1.165, 1.54) is 13.4 Å². The highest BCUT2D eigenvalue weighted by Gasteiger charge is 2.16. The Morgan fingerprint density at radius 3 is 2.47 bits per heavy atom. The van der Waals surface area contributed by atoms with Crippen LogP contribution in [0, 0.1) is 20.8 Å². The van der Waals surface area contributed by atoms with Gasteiger partial charge in [0.05, 0.1) is 12.8 Å². The van der Waals surface area contributed by atoms with Gasteiger partial charge in [0.15, 0.2) is 5.15 Å². The number of ether oxygens (including phenoxy) is 1. The molecule has 2 heterocycles. The number of hydrogen-bond acceptors (Lipinski definition) is 4. The van der Waals surface area contributed by atoms with E-state index < -0.39 is 0 Å². The molecule has 0 aromatic carbocycles. The molecule has 0 aliphatic rings. The van der Waals surface area contributed by atoms with Gasteiger partial charge < -0.3 is 4.74 Å². The molecule has 0 aliphatic heterocycles. The zero-order valence-electron chi connectivity index (χ0n) is 10.2. The van der Waals surface area contributed by atoms with Gasteiger partial charge in [0.2, 0.25) is 11.6 Å². The maximum atomic E-state index is 5.96. The Morgan fingerprint density at radius 2 is 1.94 bits per heavy atom. The largest absolute Gasteiger partial charge is 0.490 e. The monoisotopic (exact) mass is 252 g/mol. The van der Waals surface area contributed by atoms with E-state index in [4.69, 9.17) is 16.3 Å². The Morgan fingerprint density at radius 1 is 1.24 bits per heavy atom. The van der Waals surface area contributed by atoms with Crippen molar-refractivity contribution in [2.75, 3.05) is 7.11 Å². The molecule has 6 heteroatoms. The van der Waals surface area contributed by atoms with Crippen LogP contribution >= 0.6 is 11.6 Å². The van der Waals surface area contributed by atoms with Crippen LogP contribution in [0.25, 0.3) is 5.82 Å². The van der Waals surface area contributed by atoms with Gasteiger partial charge in [-0.2, -0.15) is 5.10 Å². The SMILES string of the molecule is COc1c(Cl)ncnc1-n1nc(C)c(C)c1C. The van der Waals surface area contributed by atoms with Crippen LogP contribution in [0.1, 0.15) is 17.0 Å². The molecule has 0 bridgehead atoms. The van der Waals surface area contributed by atoms with Crippen LogP contribution in [0.3, 0.4) is 0 Å². The van der Waals surface area contributed by atoms with Gasteiger partial charge in [-0.15, -0.1) is 0 Å². The van der Waals surface area contributed by atoms with Crippen molar-refractivity contribution < 1.29 is 4.74 Å². The van der Waals surface area contributed by atoms with E-state index in [2.05, 4.69) is 15.1 Å². The predicted octanol–water partition coefficient (Wildman–Crippen LogP) is 2.25. The fourth-order valence-electron chi connectivity index (χ4n) is 1.60. The average Bonchev–Trinajstić information content (AvgIpc) is 2.56. The van der Waals surface area contributed by atoms with Crippen molar-refractivity contribution >= 4 is 11.6 Å². The van der Waals surface area contributed by atoms with Crippen molar-refractivity contribution in [2.45, 2.75) is 20.8 Å². The van der Waals surface area contributed by atoms with Crippen LogP contribution in [0.4, 0.5) is 0 Å². The van der Waals surface area contributed by atoms with Crippen molar-refractivity contribution in [3.05, 3.63) is 28.4 Å². The first-order chi connectivity index (χ1) is 8.06. The van der Waals surface area contributed by atoms with Crippen LogP contribution in [0.5, 0.6) is 5.75 Å². The fraction of sp³-hybridized carbons (Fsp3) is 0.364. The van der Waals surface area contributed by atoms with E-state index in [0.717, 1.165) is 17.0 Å². The predicted molar refractivity (Wildman–Crippen MR) is 64.9 cm³/mol. The molecule has 0 unspecified atom stereocenters. The van der Waals surface area contributed by atoms with Gasteiger partial charge in [0.25, 0.3) is 0 Å². The third-order valence-electron chi connectivity index (χ3n) is 2.80. The number of aryl methyl sites for hydroxylation is 1. The molecule has 90 valence electrons. The van der Waals surface area contributed by atoms with Gasteiger partial charge in [0.1, 0.15) is 6.33 Å². The smallest absolute Gasteiger partial charge is 0.201 e. The van der Waals surface area contributed by atoms with Gasteiger partial charge >= 0.3 is 0 Å². The Bertz CT molecular complexity index is 565. The molecule has 0 spiro atoms. The molecule has 0 saturated carbocycles. The van der Waals surface area contributed by atoms with Gasteiger partial charge in [-0.3, -0.25) is 0 Å². The Hall–Kier alpha value is -1.62. The number of rotatable bonds is 2. The Balaban J connectivity index is 2.68. The quantitative estimate of drug-likeness (QED) is 0.770. The lowest BCUT2D eigenvalue weighted by atomic mass is 10.2. The highest BCUT2D eigenvalue weighted by atomic mass is 35.5. The number of nitrogens with zero attached hydrogens (tertiary/aromatic N) is 4. The molecule has 0 fully saturated rings. The van der Waals surface area contributed by atoms with E-state index >= 15 is 0 Å². The molecule has 2 rings (SSSR count). The molecule has 0 N–H and O–H groups in total. The summed E-state index contributed by atoms with van der Waals surface area (Å²) in [7, 11) is 1.53. The molecule has 17 heavy (non-hydrogen) atoms. The van der Waals surface area contributed by atoms with Crippen LogP contribution in [0.2, 0.25) is 5.15 Å². The summed E-state index contributed by atoms with van der Waals surface area (Å²) >= 11 is 5.96. The summed E-state index contributed by atoms with van der Waals surface area (Å²) in [6, 6.07) is 0. The summed E-state index contributed by atoms with van der Waals surface area (Å²) < 4.78 is 6.94. The molecule has 2 aromatic heterocycles. The van der Waals surface area contributed by atoms with E-state index in [-0.39, 0.29) is 5.15 Å². The first kappa shape index (κ1) is 11.9. The molecule has 5 nitrogen and oxygen atoms in total. The van der Waals surface area contributed by atoms with Crippen molar-refractivity contribution in [1.82, 2.24) is 19.7 Å². The Labute approximate surface area is 104 Å². The minimum absolute atomic E-state index is 0.280. The summed E-state index contributed by atoms with van der Waals surface area (Å²) in [4.78, 5) is 8.06. The van der Waals surface area contributed by atoms with Gasteiger partial charge in [0, 0.05) is 5.69 Å². The maximum Gasteiger partial charge on any atom is 0.201 e. The van der Waals surface area contributed by atoms with Crippen molar-refractivity contribution in [3.8, 4) is 11.6 Å². The lowest BCUT2D eigenvalue weighted by molar-refractivity contribution is 0.407. The minimum atomic E-state index is 0.280. The molecule has 0 atom stereocenters. The summed E-state index contributed by atoms with van der Waals surface area (Å²) in [6.07, 6.45) is 1.39. The highest BCUT2D eigenvalue weighted by Crippen LogP contribution is 2.28. The molecule has 2 aromatic rings. The minimum Gasteiger partial charge on any atom is -0.490 e. The lowest BCUT2D eigenvalue weighted by Gasteiger charge is -2.09. The van der Waals surface area contributed by atoms with E-state index in [9.17, 15) is 0 Å². The van der Waals surface area contributed by atoms with Crippen molar-refractivity contribution in [2.24, 2.45) is 0 Å². The molecule has 0 radical (unpaired) electrons. The number of aromatic nitrogens is 4. The summed E-state index contributed by atoms with van der Waals surface area (Å²) in [5.41, 5.74) is 3.09. The van der Waals surface area contributed by atoms with Crippen LogP contribution in [-0.2, 0) is 0 Å². The molecule has 0 aliphatic carbocycles. The molecule has 0 saturated heterocycles. The summed E-state index contributed by atoms with van der Waals surface area (Å²) in [5.74, 6) is 0.987. The van der Waals surface area contributed by atoms with Gasteiger partial charge in [-0.1, -0.05) is 11.6 Å². The average molecular weight is 253 g/mol. The highest BCUT2D eigenvalue weighted by molar-refractivity contribution is 6.31.